The minimum absolute atomic E-state index is 0.0255. The highest BCUT2D eigenvalue weighted by atomic mass is 19.1. The molecule has 1 atom stereocenters. The standard InChI is InChI=1S/C7H11FO3/c8-4-3-7(6(9)10)2-1-5-11-7/h1-5H2,(H,9,10). The van der Waals surface area contributed by atoms with Crippen LogP contribution in [0, 0.1) is 0 Å². The van der Waals surface area contributed by atoms with Gasteiger partial charge in [0.25, 0.3) is 0 Å². The van der Waals surface area contributed by atoms with Crippen LogP contribution in [-0.2, 0) is 9.53 Å². The molecule has 1 N–H and O–H groups in total. The zero-order valence-electron chi connectivity index (χ0n) is 6.18. The Morgan fingerprint density at radius 2 is 2.45 bits per heavy atom. The summed E-state index contributed by atoms with van der Waals surface area (Å²) in [5, 5.41) is 8.70. The van der Waals surface area contributed by atoms with Crippen LogP contribution in [0.25, 0.3) is 0 Å². The molecule has 1 heterocycles. The van der Waals surface area contributed by atoms with E-state index in [9.17, 15) is 9.18 Å². The molecular formula is C7H11FO3. The van der Waals surface area contributed by atoms with Gasteiger partial charge in [-0.2, -0.15) is 0 Å². The van der Waals surface area contributed by atoms with Gasteiger partial charge in [0.15, 0.2) is 5.60 Å². The number of hydrogen-bond acceptors (Lipinski definition) is 2. The van der Waals surface area contributed by atoms with Crippen LogP contribution in [0.1, 0.15) is 19.3 Å². The average molecular weight is 162 g/mol. The monoisotopic (exact) mass is 162 g/mol. The first kappa shape index (κ1) is 8.46. The first-order valence-electron chi connectivity index (χ1n) is 3.64. The van der Waals surface area contributed by atoms with Gasteiger partial charge in [-0.1, -0.05) is 0 Å². The number of carboxylic acid groups (broad SMARTS) is 1. The summed E-state index contributed by atoms with van der Waals surface area (Å²) in [6.07, 6.45) is 1.13. The van der Waals surface area contributed by atoms with Gasteiger partial charge >= 0.3 is 5.97 Å². The quantitative estimate of drug-likeness (QED) is 0.672. The smallest absolute Gasteiger partial charge is 0.336 e. The topological polar surface area (TPSA) is 46.5 Å². The van der Waals surface area contributed by atoms with E-state index in [2.05, 4.69) is 0 Å². The molecule has 0 aromatic heterocycles. The van der Waals surface area contributed by atoms with E-state index in [1.165, 1.54) is 0 Å². The average Bonchev–Trinajstić information content (AvgIpc) is 2.38. The Kier molecular flexibility index (Phi) is 2.44. The zero-order valence-corrected chi connectivity index (χ0v) is 6.18. The Morgan fingerprint density at radius 1 is 1.73 bits per heavy atom. The van der Waals surface area contributed by atoms with Gasteiger partial charge in [-0.15, -0.1) is 0 Å². The minimum atomic E-state index is -1.21. The van der Waals surface area contributed by atoms with Crippen LogP contribution in [0.15, 0.2) is 0 Å². The van der Waals surface area contributed by atoms with Gasteiger partial charge in [-0.25, -0.2) is 4.79 Å². The van der Waals surface area contributed by atoms with Gasteiger partial charge in [0.1, 0.15) is 0 Å². The molecule has 0 spiro atoms. The maximum Gasteiger partial charge on any atom is 0.336 e. The van der Waals surface area contributed by atoms with E-state index in [4.69, 9.17) is 9.84 Å². The highest BCUT2D eigenvalue weighted by Crippen LogP contribution is 2.29. The van der Waals surface area contributed by atoms with E-state index in [0.29, 0.717) is 19.4 Å². The fourth-order valence-electron chi connectivity index (χ4n) is 1.32. The van der Waals surface area contributed by atoms with E-state index in [1.807, 2.05) is 0 Å². The van der Waals surface area contributed by atoms with Crippen molar-refractivity contribution >= 4 is 5.97 Å². The lowest BCUT2D eigenvalue weighted by molar-refractivity contribution is -0.161. The summed E-state index contributed by atoms with van der Waals surface area (Å²) in [6, 6.07) is 0. The molecule has 0 bridgehead atoms. The molecule has 4 heteroatoms. The third-order valence-corrected chi connectivity index (χ3v) is 1.99. The summed E-state index contributed by atoms with van der Waals surface area (Å²) in [4.78, 5) is 10.6. The lowest BCUT2D eigenvalue weighted by atomic mass is 9.97. The lowest BCUT2D eigenvalue weighted by Gasteiger charge is -2.21. The number of ether oxygens (including phenoxy) is 1. The highest BCUT2D eigenvalue weighted by molar-refractivity contribution is 5.77. The molecule has 0 aromatic rings. The van der Waals surface area contributed by atoms with Crippen molar-refractivity contribution in [1.29, 1.82) is 0 Å². The molecule has 3 nitrogen and oxygen atoms in total. The van der Waals surface area contributed by atoms with Gasteiger partial charge in [0, 0.05) is 13.0 Å². The molecule has 0 aromatic carbocycles. The Labute approximate surface area is 64.2 Å². The normalized spacial score (nSPS) is 30.6. The first-order valence-corrected chi connectivity index (χ1v) is 3.64. The van der Waals surface area contributed by atoms with Crippen molar-refractivity contribution in [1.82, 2.24) is 0 Å². The summed E-state index contributed by atoms with van der Waals surface area (Å²) in [5.74, 6) is -1.03. The lowest BCUT2D eigenvalue weighted by Crippen LogP contribution is -2.38. The van der Waals surface area contributed by atoms with E-state index in [-0.39, 0.29) is 6.42 Å². The molecule has 1 rings (SSSR count). The molecule has 1 saturated heterocycles. The van der Waals surface area contributed by atoms with Crippen LogP contribution >= 0.6 is 0 Å². The molecule has 0 aliphatic carbocycles. The van der Waals surface area contributed by atoms with Crippen LogP contribution in [0.4, 0.5) is 4.39 Å². The molecule has 0 amide bonds. The van der Waals surface area contributed by atoms with Gasteiger partial charge in [0.2, 0.25) is 0 Å². The van der Waals surface area contributed by atoms with Crippen molar-refractivity contribution < 1.29 is 19.0 Å². The molecular weight excluding hydrogens is 151 g/mol. The van der Waals surface area contributed by atoms with Crippen molar-refractivity contribution in [2.45, 2.75) is 24.9 Å². The molecule has 1 fully saturated rings. The number of hydrogen-bond donors (Lipinski definition) is 1. The van der Waals surface area contributed by atoms with Gasteiger partial charge in [-0.05, 0) is 12.8 Å². The van der Waals surface area contributed by atoms with Gasteiger partial charge in [0.05, 0.1) is 6.67 Å². The number of rotatable bonds is 3. The van der Waals surface area contributed by atoms with E-state index in [1.54, 1.807) is 0 Å². The Morgan fingerprint density at radius 3 is 2.82 bits per heavy atom. The maximum atomic E-state index is 11.9. The van der Waals surface area contributed by atoms with E-state index < -0.39 is 18.2 Å². The van der Waals surface area contributed by atoms with Crippen LogP contribution in [-0.4, -0.2) is 30.0 Å². The number of alkyl halides is 1. The second-order valence-corrected chi connectivity index (χ2v) is 2.69. The highest BCUT2D eigenvalue weighted by Gasteiger charge is 2.42. The fourth-order valence-corrected chi connectivity index (χ4v) is 1.32. The summed E-state index contributed by atoms with van der Waals surface area (Å²) in [6.45, 7) is -0.196. The minimum Gasteiger partial charge on any atom is -0.479 e. The third-order valence-electron chi connectivity index (χ3n) is 1.99. The molecule has 1 aliphatic heterocycles. The van der Waals surface area contributed by atoms with Crippen molar-refractivity contribution in [3.63, 3.8) is 0 Å². The van der Waals surface area contributed by atoms with Gasteiger partial charge < -0.3 is 9.84 Å². The van der Waals surface area contributed by atoms with Crippen LogP contribution < -0.4 is 0 Å². The van der Waals surface area contributed by atoms with E-state index in [0.717, 1.165) is 0 Å². The number of carboxylic acids is 1. The van der Waals surface area contributed by atoms with Gasteiger partial charge in [-0.3, -0.25) is 4.39 Å². The molecule has 1 aliphatic rings. The predicted octanol–water partition coefficient (Wildman–Crippen LogP) is 0.980. The second-order valence-electron chi connectivity index (χ2n) is 2.69. The maximum absolute atomic E-state index is 11.9. The molecule has 0 saturated carbocycles. The Hall–Kier alpha value is -0.640. The second kappa shape index (κ2) is 3.17. The van der Waals surface area contributed by atoms with Crippen molar-refractivity contribution in [3.05, 3.63) is 0 Å². The summed E-state index contributed by atoms with van der Waals surface area (Å²) >= 11 is 0. The Balaban J connectivity index is 2.62. The molecule has 11 heavy (non-hydrogen) atoms. The first-order chi connectivity index (χ1) is 5.21. The van der Waals surface area contributed by atoms with Crippen molar-refractivity contribution in [2.75, 3.05) is 13.3 Å². The zero-order chi connectivity index (χ0) is 8.32. The van der Waals surface area contributed by atoms with Crippen molar-refractivity contribution in [2.24, 2.45) is 0 Å². The number of aliphatic carboxylic acids is 1. The number of carbonyl (C=O) groups is 1. The Bertz CT molecular complexity index is 152. The van der Waals surface area contributed by atoms with Crippen LogP contribution in [0.3, 0.4) is 0 Å². The molecule has 1 unspecified atom stereocenters. The van der Waals surface area contributed by atoms with Crippen LogP contribution in [0.2, 0.25) is 0 Å². The predicted molar refractivity (Wildman–Crippen MR) is 36.1 cm³/mol. The molecule has 0 radical (unpaired) electrons. The van der Waals surface area contributed by atoms with E-state index >= 15 is 0 Å². The summed E-state index contributed by atoms with van der Waals surface area (Å²) in [5.41, 5.74) is -1.21. The largest absolute Gasteiger partial charge is 0.479 e. The van der Waals surface area contributed by atoms with Crippen LogP contribution in [0.5, 0.6) is 0 Å². The SMILES string of the molecule is O=C(O)C1(CCF)CCCO1. The fraction of sp³-hybridized carbons (Fsp3) is 0.857. The molecule has 64 valence electrons. The van der Waals surface area contributed by atoms with Crippen molar-refractivity contribution in [3.8, 4) is 0 Å². The summed E-state index contributed by atoms with van der Waals surface area (Å²) in [7, 11) is 0. The summed E-state index contributed by atoms with van der Waals surface area (Å²) < 4.78 is 16.9. The third kappa shape index (κ3) is 1.50. The number of halogens is 1.